The summed E-state index contributed by atoms with van der Waals surface area (Å²) < 4.78 is 10.6. The first-order valence-corrected chi connectivity index (χ1v) is 9.74. The van der Waals surface area contributed by atoms with Gasteiger partial charge in [0.15, 0.2) is 0 Å². The number of methoxy groups -OCH3 is 2. The molecule has 1 atom stereocenters. The lowest BCUT2D eigenvalue weighted by atomic mass is 9.78. The number of fused-ring (bicyclic) bond motifs is 2. The van der Waals surface area contributed by atoms with Gasteiger partial charge in [-0.25, -0.2) is 9.78 Å². The highest BCUT2D eigenvalue weighted by molar-refractivity contribution is 5.91. The molecule has 7 nitrogen and oxygen atoms in total. The van der Waals surface area contributed by atoms with Crippen molar-refractivity contribution in [2.24, 2.45) is 0 Å². The van der Waals surface area contributed by atoms with Crippen LogP contribution in [-0.4, -0.2) is 35.1 Å². The molecule has 0 amide bonds. The summed E-state index contributed by atoms with van der Waals surface area (Å²) in [5, 5.41) is 10.2. The topological polar surface area (TPSA) is 104 Å². The maximum Gasteiger partial charge on any atom is 0.330 e. The molecule has 4 aromatic rings. The van der Waals surface area contributed by atoms with E-state index in [2.05, 4.69) is 16.0 Å². The third-order valence-corrected chi connectivity index (χ3v) is 5.60. The third-order valence-electron chi connectivity index (χ3n) is 5.60. The number of rotatable bonds is 5. The van der Waals surface area contributed by atoms with E-state index in [9.17, 15) is 10.1 Å². The van der Waals surface area contributed by atoms with E-state index in [1.54, 1.807) is 31.4 Å². The smallest absolute Gasteiger partial charge is 0.330 e. The highest BCUT2D eigenvalue weighted by Crippen LogP contribution is 2.43. The van der Waals surface area contributed by atoms with Gasteiger partial charge in [-0.2, -0.15) is 5.26 Å². The molecule has 2 N–H and O–H groups in total. The first kappa shape index (κ1) is 20.2. The average Bonchev–Trinajstić information content (AvgIpc) is 3.44. The van der Waals surface area contributed by atoms with Gasteiger partial charge in [0.2, 0.25) is 0 Å². The number of aryl methyl sites for hydroxylation is 1. The Morgan fingerprint density at radius 1 is 1.26 bits per heavy atom. The van der Waals surface area contributed by atoms with E-state index in [-0.39, 0.29) is 0 Å². The van der Waals surface area contributed by atoms with Crippen molar-refractivity contribution in [3.63, 3.8) is 0 Å². The van der Waals surface area contributed by atoms with Gasteiger partial charge in [-0.15, -0.1) is 0 Å². The minimum absolute atomic E-state index is 0.467. The minimum Gasteiger partial charge on any atom is -0.496 e. The number of carbonyl (C=O) groups is 1. The molecular weight excluding hydrogens is 392 g/mol. The van der Waals surface area contributed by atoms with Crippen LogP contribution in [0, 0.1) is 18.3 Å². The number of hydrogen-bond donors (Lipinski definition) is 2. The summed E-state index contributed by atoms with van der Waals surface area (Å²) in [6.07, 6.45) is 5.04. The number of esters is 1. The standard InChI is InChI=1S/C24H22N4O3/c1-14-11-19(30-3)21(16-8-10-26-22(14)16)24(2,9-7-20(29)31-4)23-27-17-6-5-15(13-25)12-18(17)28-23/h5-12,26H,1-4H3,(H,27,28)/b9-7+. The molecule has 31 heavy (non-hydrogen) atoms. The molecule has 156 valence electrons. The average molecular weight is 414 g/mol. The fraction of sp³-hybridized carbons (Fsp3) is 0.208. The second-order valence-electron chi connectivity index (χ2n) is 7.53. The van der Waals surface area contributed by atoms with Gasteiger partial charge < -0.3 is 19.4 Å². The summed E-state index contributed by atoms with van der Waals surface area (Å²) in [5.41, 5.74) is 4.03. The molecule has 2 aromatic carbocycles. The van der Waals surface area contributed by atoms with E-state index in [4.69, 9.17) is 14.5 Å². The molecule has 2 heterocycles. The van der Waals surface area contributed by atoms with E-state index in [1.807, 2.05) is 32.2 Å². The van der Waals surface area contributed by atoms with Crippen LogP contribution in [0.25, 0.3) is 21.9 Å². The largest absolute Gasteiger partial charge is 0.496 e. The monoisotopic (exact) mass is 414 g/mol. The SMILES string of the molecule is COC(=O)/C=C/C(C)(c1nc2ccc(C#N)cc2[nH]1)c1c(OC)cc(C)c2[nH]ccc12. The second-order valence-corrected chi connectivity index (χ2v) is 7.53. The number of aromatic nitrogens is 3. The molecule has 4 rings (SSSR count). The predicted octanol–water partition coefficient (Wildman–Crippen LogP) is 4.27. The van der Waals surface area contributed by atoms with E-state index in [1.165, 1.54) is 13.2 Å². The van der Waals surface area contributed by atoms with E-state index in [0.29, 0.717) is 17.1 Å². The summed E-state index contributed by atoms with van der Waals surface area (Å²) >= 11 is 0. The number of aromatic amines is 2. The fourth-order valence-electron chi connectivity index (χ4n) is 3.98. The first-order valence-electron chi connectivity index (χ1n) is 9.74. The predicted molar refractivity (Wildman–Crippen MR) is 118 cm³/mol. The summed E-state index contributed by atoms with van der Waals surface area (Å²) in [7, 11) is 2.96. The lowest BCUT2D eigenvalue weighted by molar-refractivity contribution is -0.134. The number of nitrogens with zero attached hydrogens (tertiary/aromatic N) is 2. The van der Waals surface area contributed by atoms with Crippen LogP contribution in [0.1, 0.15) is 29.4 Å². The Morgan fingerprint density at radius 3 is 2.77 bits per heavy atom. The second kappa shape index (κ2) is 7.65. The molecule has 0 bridgehead atoms. The van der Waals surface area contributed by atoms with Crippen molar-refractivity contribution in [3.05, 3.63) is 71.2 Å². The van der Waals surface area contributed by atoms with Crippen LogP contribution < -0.4 is 4.74 Å². The van der Waals surface area contributed by atoms with Gasteiger partial charge in [-0.3, -0.25) is 0 Å². The molecule has 0 fully saturated rings. The number of imidazole rings is 1. The Balaban J connectivity index is 2.04. The van der Waals surface area contributed by atoms with Crippen molar-refractivity contribution < 1.29 is 14.3 Å². The number of benzene rings is 2. The van der Waals surface area contributed by atoms with Crippen molar-refractivity contribution in [2.45, 2.75) is 19.3 Å². The molecule has 0 aliphatic heterocycles. The highest BCUT2D eigenvalue weighted by atomic mass is 16.5. The van der Waals surface area contributed by atoms with Crippen LogP contribution in [0.3, 0.4) is 0 Å². The van der Waals surface area contributed by atoms with E-state index >= 15 is 0 Å². The highest BCUT2D eigenvalue weighted by Gasteiger charge is 2.35. The number of carbonyl (C=O) groups excluding carboxylic acids is 1. The molecule has 0 saturated heterocycles. The number of allylic oxidation sites excluding steroid dienone is 1. The van der Waals surface area contributed by atoms with Gasteiger partial charge in [-0.1, -0.05) is 6.08 Å². The minimum atomic E-state index is -0.862. The van der Waals surface area contributed by atoms with Crippen molar-refractivity contribution in [2.75, 3.05) is 14.2 Å². The Bertz CT molecular complexity index is 1370. The van der Waals surface area contributed by atoms with Crippen LogP contribution in [0.4, 0.5) is 0 Å². The van der Waals surface area contributed by atoms with Gasteiger partial charge in [-0.05, 0) is 49.7 Å². The van der Waals surface area contributed by atoms with Crippen molar-refractivity contribution >= 4 is 27.9 Å². The first-order chi connectivity index (χ1) is 14.9. The fourth-order valence-corrected chi connectivity index (χ4v) is 3.98. The number of hydrogen-bond acceptors (Lipinski definition) is 5. The normalized spacial score (nSPS) is 13.4. The van der Waals surface area contributed by atoms with Gasteiger partial charge in [0.05, 0.1) is 42.3 Å². The molecule has 7 heteroatoms. The zero-order valence-electron chi connectivity index (χ0n) is 17.7. The number of H-pyrrole nitrogens is 2. The van der Waals surface area contributed by atoms with Crippen molar-refractivity contribution in [3.8, 4) is 11.8 Å². The number of nitrogens with one attached hydrogen (secondary N) is 2. The van der Waals surface area contributed by atoms with Crippen LogP contribution >= 0.6 is 0 Å². The maximum atomic E-state index is 12.0. The quantitative estimate of drug-likeness (QED) is 0.375. The molecule has 0 spiro atoms. The summed E-state index contributed by atoms with van der Waals surface area (Å²) in [6.45, 7) is 3.98. The van der Waals surface area contributed by atoms with Gasteiger partial charge in [0.1, 0.15) is 11.6 Å². The lowest BCUT2D eigenvalue weighted by Gasteiger charge is -2.28. The number of ether oxygens (including phenoxy) is 2. The molecule has 0 saturated carbocycles. The Labute approximate surface area is 179 Å². The van der Waals surface area contributed by atoms with E-state index in [0.717, 1.165) is 33.1 Å². The van der Waals surface area contributed by atoms with Crippen LogP contribution in [0.15, 0.2) is 48.7 Å². The molecule has 0 aliphatic rings. The van der Waals surface area contributed by atoms with Crippen LogP contribution in [0.2, 0.25) is 0 Å². The summed E-state index contributed by atoms with van der Waals surface area (Å²) in [5.74, 6) is 0.827. The lowest BCUT2D eigenvalue weighted by Crippen LogP contribution is -2.24. The number of nitriles is 1. The van der Waals surface area contributed by atoms with Gasteiger partial charge in [0, 0.05) is 28.7 Å². The van der Waals surface area contributed by atoms with Crippen molar-refractivity contribution in [1.82, 2.24) is 15.0 Å². The Hall–Kier alpha value is -4.05. The van der Waals surface area contributed by atoms with Gasteiger partial charge in [0.25, 0.3) is 0 Å². The zero-order valence-corrected chi connectivity index (χ0v) is 17.7. The molecule has 2 aromatic heterocycles. The third kappa shape index (κ3) is 3.32. The Morgan fingerprint density at radius 2 is 2.06 bits per heavy atom. The van der Waals surface area contributed by atoms with Gasteiger partial charge >= 0.3 is 5.97 Å². The molecular formula is C24H22N4O3. The Kier molecular flexibility index (Phi) is 4.99. The summed E-state index contributed by atoms with van der Waals surface area (Å²) in [4.78, 5) is 23.4. The van der Waals surface area contributed by atoms with Crippen LogP contribution in [0.5, 0.6) is 5.75 Å². The zero-order chi connectivity index (χ0) is 22.2. The van der Waals surface area contributed by atoms with Crippen LogP contribution in [-0.2, 0) is 14.9 Å². The van der Waals surface area contributed by atoms with Crippen molar-refractivity contribution in [1.29, 1.82) is 5.26 Å². The maximum absolute atomic E-state index is 12.0. The molecule has 0 radical (unpaired) electrons. The summed E-state index contributed by atoms with van der Waals surface area (Å²) in [6, 6.07) is 11.4. The molecule has 0 aliphatic carbocycles. The van der Waals surface area contributed by atoms with E-state index < -0.39 is 11.4 Å². The molecule has 1 unspecified atom stereocenters.